The molecule has 0 spiro atoms. The van der Waals surface area contributed by atoms with E-state index >= 15 is 0 Å². The third kappa shape index (κ3) is 3.48. The number of hydrogen-bond acceptors (Lipinski definition) is 4. The Hall–Kier alpha value is -3.87. The molecule has 156 valence electrons. The molecule has 2 aliphatic rings. The summed E-state index contributed by atoms with van der Waals surface area (Å²) >= 11 is 0. The van der Waals surface area contributed by atoms with Gasteiger partial charge in [0.15, 0.2) is 5.78 Å². The van der Waals surface area contributed by atoms with Crippen LogP contribution in [0.15, 0.2) is 82.6 Å². The summed E-state index contributed by atoms with van der Waals surface area (Å²) in [5.74, 6) is 0.0939. The maximum atomic E-state index is 13.6. The highest BCUT2D eigenvalue weighted by molar-refractivity contribution is 6.09. The van der Waals surface area contributed by atoms with Crippen LogP contribution in [0.25, 0.3) is 0 Å². The van der Waals surface area contributed by atoms with Crippen molar-refractivity contribution in [2.24, 2.45) is 0 Å². The van der Waals surface area contributed by atoms with Gasteiger partial charge in [-0.1, -0.05) is 12.1 Å². The first-order valence-electron chi connectivity index (χ1n) is 10.1. The molecule has 7 heteroatoms. The van der Waals surface area contributed by atoms with Crippen molar-refractivity contribution in [3.8, 4) is 0 Å². The highest BCUT2D eigenvalue weighted by Crippen LogP contribution is 2.45. The van der Waals surface area contributed by atoms with Crippen molar-refractivity contribution in [3.63, 3.8) is 0 Å². The number of ketones is 1. The summed E-state index contributed by atoms with van der Waals surface area (Å²) in [6.45, 7) is 0. The van der Waals surface area contributed by atoms with E-state index in [-0.39, 0.29) is 5.78 Å². The number of benzene rings is 2. The van der Waals surface area contributed by atoms with E-state index in [4.69, 9.17) is 4.42 Å². The Morgan fingerprint density at radius 2 is 1.87 bits per heavy atom. The van der Waals surface area contributed by atoms with Gasteiger partial charge in [0.25, 0.3) is 0 Å². The second-order valence-electron chi connectivity index (χ2n) is 7.54. The molecule has 0 bridgehead atoms. The molecule has 3 aromatic rings. The number of amides is 2. The Morgan fingerprint density at radius 3 is 2.65 bits per heavy atom. The SMILES string of the molecule is O=C1CCCC2=C1[C@@H](c1ccco1)N(C(=O)Nc1ccc(F)cc1)c1ccccc1N2. The summed E-state index contributed by atoms with van der Waals surface area (Å²) in [5.41, 5.74) is 3.14. The van der Waals surface area contributed by atoms with Crippen LogP contribution in [0.1, 0.15) is 31.1 Å². The van der Waals surface area contributed by atoms with E-state index in [1.165, 1.54) is 35.4 Å². The summed E-state index contributed by atoms with van der Waals surface area (Å²) in [6, 6.07) is 15.3. The molecule has 1 atom stereocenters. The van der Waals surface area contributed by atoms with Crippen LogP contribution >= 0.6 is 0 Å². The maximum Gasteiger partial charge on any atom is 0.327 e. The minimum atomic E-state index is -0.727. The van der Waals surface area contributed by atoms with Crippen LogP contribution in [0.5, 0.6) is 0 Å². The number of para-hydroxylation sites is 2. The number of anilines is 3. The van der Waals surface area contributed by atoms with Crippen LogP contribution in [0.3, 0.4) is 0 Å². The van der Waals surface area contributed by atoms with Crippen molar-refractivity contribution in [2.75, 3.05) is 15.5 Å². The van der Waals surface area contributed by atoms with Gasteiger partial charge in [0.05, 0.1) is 17.6 Å². The molecule has 2 aromatic carbocycles. The topological polar surface area (TPSA) is 74.6 Å². The molecule has 0 saturated heterocycles. The van der Waals surface area contributed by atoms with Crippen LogP contribution < -0.4 is 15.5 Å². The van der Waals surface area contributed by atoms with Crippen molar-refractivity contribution in [3.05, 3.63) is 89.8 Å². The van der Waals surface area contributed by atoms with Crippen molar-refractivity contribution in [1.29, 1.82) is 0 Å². The fourth-order valence-corrected chi connectivity index (χ4v) is 4.19. The average molecular weight is 417 g/mol. The summed E-state index contributed by atoms with van der Waals surface area (Å²) < 4.78 is 19.0. The normalized spacial score (nSPS) is 18.0. The number of furan rings is 1. The van der Waals surface area contributed by atoms with Gasteiger partial charge in [0, 0.05) is 23.4 Å². The van der Waals surface area contributed by atoms with Gasteiger partial charge in [0.2, 0.25) is 0 Å². The molecule has 1 aliphatic heterocycles. The van der Waals surface area contributed by atoms with Gasteiger partial charge in [-0.3, -0.25) is 9.69 Å². The molecule has 1 aliphatic carbocycles. The Kier molecular flexibility index (Phi) is 4.78. The highest BCUT2D eigenvalue weighted by atomic mass is 19.1. The van der Waals surface area contributed by atoms with Gasteiger partial charge in [0.1, 0.15) is 17.6 Å². The summed E-state index contributed by atoms with van der Waals surface area (Å²) in [6.07, 6.45) is 3.41. The number of allylic oxidation sites excluding steroid dienone is 1. The van der Waals surface area contributed by atoms with E-state index in [0.717, 1.165) is 17.8 Å². The first kappa shape index (κ1) is 19.1. The highest BCUT2D eigenvalue weighted by Gasteiger charge is 2.41. The lowest BCUT2D eigenvalue weighted by Crippen LogP contribution is -2.40. The molecule has 5 rings (SSSR count). The zero-order valence-electron chi connectivity index (χ0n) is 16.6. The number of Topliss-reactive ketones (excluding diaryl/α,β-unsaturated/α-hetero) is 1. The monoisotopic (exact) mass is 417 g/mol. The molecule has 2 heterocycles. The number of halogens is 1. The number of rotatable bonds is 2. The molecule has 31 heavy (non-hydrogen) atoms. The van der Waals surface area contributed by atoms with Crippen LogP contribution in [0.4, 0.5) is 26.2 Å². The second kappa shape index (κ2) is 7.75. The minimum Gasteiger partial charge on any atom is -0.467 e. The molecule has 2 N–H and O–H groups in total. The largest absolute Gasteiger partial charge is 0.467 e. The van der Waals surface area contributed by atoms with E-state index in [2.05, 4.69) is 10.6 Å². The fourth-order valence-electron chi connectivity index (χ4n) is 4.19. The zero-order valence-corrected chi connectivity index (χ0v) is 16.6. The average Bonchev–Trinajstić information content (AvgIpc) is 3.25. The van der Waals surface area contributed by atoms with Gasteiger partial charge < -0.3 is 15.1 Å². The van der Waals surface area contributed by atoms with Gasteiger partial charge >= 0.3 is 6.03 Å². The molecule has 0 fully saturated rings. The van der Waals surface area contributed by atoms with Crippen LogP contribution in [0, 0.1) is 5.82 Å². The first-order chi connectivity index (χ1) is 15.1. The minimum absolute atomic E-state index is 0.0115. The van der Waals surface area contributed by atoms with E-state index in [1.54, 1.807) is 12.1 Å². The third-order valence-corrected chi connectivity index (χ3v) is 5.56. The molecule has 0 radical (unpaired) electrons. The van der Waals surface area contributed by atoms with Crippen LogP contribution in [-0.2, 0) is 4.79 Å². The third-order valence-electron chi connectivity index (χ3n) is 5.56. The van der Waals surface area contributed by atoms with E-state index in [1.807, 2.05) is 24.3 Å². The van der Waals surface area contributed by atoms with Gasteiger partial charge in [-0.05, 0) is 61.4 Å². The van der Waals surface area contributed by atoms with Crippen LogP contribution in [0.2, 0.25) is 0 Å². The Balaban J connectivity index is 1.66. The summed E-state index contributed by atoms with van der Waals surface area (Å²) in [5, 5.41) is 6.21. The van der Waals surface area contributed by atoms with Crippen molar-refractivity contribution < 1.29 is 18.4 Å². The molecule has 0 saturated carbocycles. The maximum absolute atomic E-state index is 13.6. The smallest absolute Gasteiger partial charge is 0.327 e. The lowest BCUT2D eigenvalue weighted by Gasteiger charge is -2.32. The lowest BCUT2D eigenvalue weighted by atomic mass is 9.88. The van der Waals surface area contributed by atoms with E-state index < -0.39 is 17.9 Å². The number of urea groups is 1. The molecular weight excluding hydrogens is 397 g/mol. The lowest BCUT2D eigenvalue weighted by molar-refractivity contribution is -0.116. The summed E-state index contributed by atoms with van der Waals surface area (Å²) in [4.78, 5) is 28.2. The van der Waals surface area contributed by atoms with Crippen molar-refractivity contribution in [1.82, 2.24) is 0 Å². The Bertz CT molecular complexity index is 1170. The standard InChI is InChI=1S/C24H20FN3O3/c25-15-10-12-16(13-11-15)26-24(30)28-19-7-2-1-5-17(19)27-18-6-3-8-20(29)22(18)23(28)21-9-4-14-31-21/h1-2,4-5,7,9-14,23,27H,3,6,8H2,(H,26,30)/t23-/m1/s1. The van der Waals surface area contributed by atoms with Crippen LogP contribution in [-0.4, -0.2) is 11.8 Å². The number of carbonyl (C=O) groups excluding carboxylic acids is 2. The number of nitrogens with one attached hydrogen (secondary N) is 2. The van der Waals surface area contributed by atoms with Crippen molar-refractivity contribution >= 4 is 28.9 Å². The quantitative estimate of drug-likeness (QED) is 0.567. The predicted molar refractivity (Wildman–Crippen MR) is 115 cm³/mol. The molecule has 1 aromatic heterocycles. The van der Waals surface area contributed by atoms with Gasteiger partial charge in [-0.2, -0.15) is 0 Å². The van der Waals surface area contributed by atoms with Crippen molar-refractivity contribution in [2.45, 2.75) is 25.3 Å². The van der Waals surface area contributed by atoms with E-state index in [9.17, 15) is 14.0 Å². The number of nitrogens with zero attached hydrogens (tertiary/aromatic N) is 1. The Morgan fingerprint density at radius 1 is 1.06 bits per heavy atom. The second-order valence-corrected chi connectivity index (χ2v) is 7.54. The first-order valence-corrected chi connectivity index (χ1v) is 10.1. The predicted octanol–water partition coefficient (Wildman–Crippen LogP) is 5.63. The number of fused-ring (bicyclic) bond motifs is 1. The molecule has 6 nitrogen and oxygen atoms in total. The van der Waals surface area contributed by atoms with Gasteiger partial charge in [-0.25, -0.2) is 9.18 Å². The van der Waals surface area contributed by atoms with E-state index in [0.29, 0.717) is 35.5 Å². The molecular formula is C24H20FN3O3. The number of carbonyl (C=O) groups is 2. The zero-order chi connectivity index (χ0) is 21.4. The number of hydrogen-bond donors (Lipinski definition) is 2. The van der Waals surface area contributed by atoms with Gasteiger partial charge in [-0.15, -0.1) is 0 Å². The molecule has 0 unspecified atom stereocenters. The Labute approximate surface area is 178 Å². The molecule has 2 amide bonds. The fraction of sp³-hybridized carbons (Fsp3) is 0.167. The summed E-state index contributed by atoms with van der Waals surface area (Å²) in [7, 11) is 0.